The van der Waals surface area contributed by atoms with Crippen LogP contribution in [0, 0.1) is 0 Å². The number of carbonyl (C=O) groups is 2. The van der Waals surface area contributed by atoms with Gasteiger partial charge >= 0.3 is 0 Å². The first-order valence-electron chi connectivity index (χ1n) is 5.48. The predicted molar refractivity (Wildman–Crippen MR) is 63.4 cm³/mol. The molecule has 0 heterocycles. The fraction of sp³-hybridized carbons (Fsp3) is 0.385. The van der Waals surface area contributed by atoms with Crippen molar-refractivity contribution in [2.75, 3.05) is 13.2 Å². The molecule has 0 N–H and O–H groups in total. The molecule has 0 saturated heterocycles. The van der Waals surface area contributed by atoms with E-state index in [0.29, 0.717) is 17.9 Å². The Hall–Kier alpha value is -1.84. The van der Waals surface area contributed by atoms with Crippen molar-refractivity contribution >= 4 is 11.6 Å². The van der Waals surface area contributed by atoms with Crippen LogP contribution in [-0.2, 0) is 9.59 Å². The Morgan fingerprint density at radius 1 is 1.00 bits per heavy atom. The van der Waals surface area contributed by atoms with Crippen molar-refractivity contribution in [2.45, 2.75) is 20.3 Å². The Morgan fingerprint density at radius 3 is 1.88 bits per heavy atom. The van der Waals surface area contributed by atoms with Crippen LogP contribution in [0.1, 0.15) is 20.3 Å². The third-order valence-corrected chi connectivity index (χ3v) is 2.06. The monoisotopic (exact) mass is 236 g/mol. The van der Waals surface area contributed by atoms with Crippen LogP contribution < -0.4 is 9.47 Å². The van der Waals surface area contributed by atoms with E-state index in [2.05, 4.69) is 0 Å². The van der Waals surface area contributed by atoms with Gasteiger partial charge in [0, 0.05) is 6.42 Å². The van der Waals surface area contributed by atoms with Gasteiger partial charge in [0.2, 0.25) is 0 Å². The number of carbonyl (C=O) groups excluding carboxylic acids is 2. The molecule has 4 nitrogen and oxygen atoms in total. The van der Waals surface area contributed by atoms with E-state index in [9.17, 15) is 9.59 Å². The lowest BCUT2D eigenvalue weighted by Gasteiger charge is -2.06. The van der Waals surface area contributed by atoms with Crippen LogP contribution in [0.5, 0.6) is 11.5 Å². The Balaban J connectivity index is 2.44. The molecule has 0 fully saturated rings. The number of hydrogen-bond acceptors (Lipinski definition) is 4. The largest absolute Gasteiger partial charge is 0.486 e. The van der Waals surface area contributed by atoms with Crippen LogP contribution >= 0.6 is 0 Å². The van der Waals surface area contributed by atoms with Gasteiger partial charge in [-0.1, -0.05) is 6.92 Å². The Morgan fingerprint density at radius 2 is 1.47 bits per heavy atom. The first-order chi connectivity index (χ1) is 8.11. The van der Waals surface area contributed by atoms with Crippen molar-refractivity contribution < 1.29 is 19.1 Å². The SMILES string of the molecule is CCC(=O)COc1ccc(OCC(C)=O)cc1. The van der Waals surface area contributed by atoms with Gasteiger partial charge in [-0.3, -0.25) is 9.59 Å². The summed E-state index contributed by atoms with van der Waals surface area (Å²) >= 11 is 0. The second-order valence-corrected chi connectivity index (χ2v) is 3.64. The molecule has 0 radical (unpaired) electrons. The van der Waals surface area contributed by atoms with Crippen molar-refractivity contribution in [3.8, 4) is 11.5 Å². The van der Waals surface area contributed by atoms with Gasteiger partial charge in [0.25, 0.3) is 0 Å². The van der Waals surface area contributed by atoms with Crippen molar-refractivity contribution in [3.63, 3.8) is 0 Å². The standard InChI is InChI=1S/C13H16O4/c1-3-11(15)9-17-13-6-4-12(5-7-13)16-8-10(2)14/h4-7H,3,8-9H2,1-2H3. The maximum absolute atomic E-state index is 11.0. The van der Waals surface area contributed by atoms with Gasteiger partial charge in [-0.25, -0.2) is 0 Å². The zero-order valence-corrected chi connectivity index (χ0v) is 10.1. The molecule has 0 aliphatic rings. The molecule has 0 saturated carbocycles. The van der Waals surface area contributed by atoms with Crippen LogP contribution in [0.3, 0.4) is 0 Å². The second kappa shape index (κ2) is 6.68. The Kier molecular flexibility index (Phi) is 5.20. The fourth-order valence-corrected chi connectivity index (χ4v) is 1.08. The predicted octanol–water partition coefficient (Wildman–Crippen LogP) is 2.01. The molecule has 1 rings (SSSR count). The van der Waals surface area contributed by atoms with Crippen LogP contribution in [0.15, 0.2) is 24.3 Å². The first kappa shape index (κ1) is 13.2. The van der Waals surface area contributed by atoms with E-state index in [4.69, 9.17) is 9.47 Å². The molecule has 0 aliphatic heterocycles. The number of ether oxygens (including phenoxy) is 2. The van der Waals surface area contributed by atoms with E-state index in [1.807, 2.05) is 0 Å². The van der Waals surface area contributed by atoms with E-state index in [0.717, 1.165) is 0 Å². The molecule has 1 aromatic rings. The maximum atomic E-state index is 11.0. The zero-order chi connectivity index (χ0) is 12.7. The number of benzene rings is 1. The van der Waals surface area contributed by atoms with E-state index in [-0.39, 0.29) is 24.8 Å². The van der Waals surface area contributed by atoms with Gasteiger partial charge in [0.05, 0.1) is 0 Å². The van der Waals surface area contributed by atoms with Crippen molar-refractivity contribution in [2.24, 2.45) is 0 Å². The Bertz CT molecular complexity index is 381. The average molecular weight is 236 g/mol. The van der Waals surface area contributed by atoms with Gasteiger partial charge < -0.3 is 9.47 Å². The normalized spacial score (nSPS) is 9.76. The summed E-state index contributed by atoms with van der Waals surface area (Å²) in [6, 6.07) is 6.82. The van der Waals surface area contributed by atoms with Crippen LogP contribution in [-0.4, -0.2) is 24.8 Å². The molecule has 0 bridgehead atoms. The topological polar surface area (TPSA) is 52.6 Å². The molecular formula is C13H16O4. The van der Waals surface area contributed by atoms with Crippen LogP contribution in [0.4, 0.5) is 0 Å². The third-order valence-electron chi connectivity index (χ3n) is 2.06. The van der Waals surface area contributed by atoms with E-state index >= 15 is 0 Å². The summed E-state index contributed by atoms with van der Waals surface area (Å²) in [5.74, 6) is 1.25. The highest BCUT2D eigenvalue weighted by atomic mass is 16.5. The van der Waals surface area contributed by atoms with Gasteiger partial charge in [0.1, 0.15) is 24.7 Å². The van der Waals surface area contributed by atoms with Gasteiger partial charge in [-0.05, 0) is 31.2 Å². The molecule has 4 heteroatoms. The minimum Gasteiger partial charge on any atom is -0.486 e. The number of rotatable bonds is 7. The van der Waals surface area contributed by atoms with E-state index in [1.54, 1.807) is 31.2 Å². The lowest BCUT2D eigenvalue weighted by Crippen LogP contribution is -2.09. The lowest BCUT2D eigenvalue weighted by molar-refractivity contribution is -0.121. The van der Waals surface area contributed by atoms with Crippen molar-refractivity contribution in [3.05, 3.63) is 24.3 Å². The minimum atomic E-state index is -0.0288. The second-order valence-electron chi connectivity index (χ2n) is 3.64. The highest BCUT2D eigenvalue weighted by Crippen LogP contribution is 2.17. The minimum absolute atomic E-state index is 0.0288. The summed E-state index contributed by atoms with van der Waals surface area (Å²) in [4.78, 5) is 21.7. The molecule has 0 amide bonds. The summed E-state index contributed by atoms with van der Waals surface area (Å²) in [5.41, 5.74) is 0. The van der Waals surface area contributed by atoms with Crippen LogP contribution in [0.25, 0.3) is 0 Å². The smallest absolute Gasteiger partial charge is 0.169 e. The number of Topliss-reactive ketones (excluding diaryl/α,β-unsaturated/α-hetero) is 2. The third kappa shape index (κ3) is 5.15. The maximum Gasteiger partial charge on any atom is 0.169 e. The Labute approximate surface area is 101 Å². The summed E-state index contributed by atoms with van der Waals surface area (Å²) < 4.78 is 10.5. The van der Waals surface area contributed by atoms with E-state index < -0.39 is 0 Å². The van der Waals surface area contributed by atoms with E-state index in [1.165, 1.54) is 6.92 Å². The molecule has 0 aromatic heterocycles. The summed E-state index contributed by atoms with van der Waals surface area (Å²) in [5, 5.41) is 0. The lowest BCUT2D eigenvalue weighted by atomic mass is 10.3. The number of ketones is 2. The molecule has 0 atom stereocenters. The molecule has 92 valence electrons. The number of hydrogen-bond donors (Lipinski definition) is 0. The molecule has 1 aromatic carbocycles. The average Bonchev–Trinajstić information content (AvgIpc) is 2.34. The summed E-state index contributed by atoms with van der Waals surface area (Å²) in [6.45, 7) is 3.41. The molecular weight excluding hydrogens is 220 g/mol. The van der Waals surface area contributed by atoms with Gasteiger partial charge in [-0.2, -0.15) is 0 Å². The zero-order valence-electron chi connectivity index (χ0n) is 10.1. The highest BCUT2D eigenvalue weighted by Gasteiger charge is 2.01. The summed E-state index contributed by atoms with van der Waals surface area (Å²) in [6.07, 6.45) is 0.472. The molecule has 0 spiro atoms. The van der Waals surface area contributed by atoms with Crippen LogP contribution in [0.2, 0.25) is 0 Å². The highest BCUT2D eigenvalue weighted by molar-refractivity contribution is 5.79. The fourth-order valence-electron chi connectivity index (χ4n) is 1.08. The molecule has 0 aliphatic carbocycles. The van der Waals surface area contributed by atoms with Gasteiger partial charge in [-0.15, -0.1) is 0 Å². The molecule has 17 heavy (non-hydrogen) atoms. The van der Waals surface area contributed by atoms with Gasteiger partial charge in [0.15, 0.2) is 11.6 Å². The van der Waals surface area contributed by atoms with Crippen molar-refractivity contribution in [1.29, 1.82) is 0 Å². The quantitative estimate of drug-likeness (QED) is 0.726. The first-order valence-corrected chi connectivity index (χ1v) is 5.48. The van der Waals surface area contributed by atoms with Crippen molar-refractivity contribution in [1.82, 2.24) is 0 Å². The summed E-state index contributed by atoms with van der Waals surface area (Å²) in [7, 11) is 0. The molecule has 0 unspecified atom stereocenters.